The molecule has 0 aliphatic carbocycles. The first kappa shape index (κ1) is 11.5. The van der Waals surface area contributed by atoms with Crippen LogP contribution in [0.4, 0.5) is 4.39 Å². The van der Waals surface area contributed by atoms with Gasteiger partial charge in [-0.1, -0.05) is 24.3 Å². The van der Waals surface area contributed by atoms with Crippen LogP contribution in [-0.4, -0.2) is 14.2 Å². The lowest BCUT2D eigenvalue weighted by Crippen LogP contribution is -1.93. The molecule has 0 N–H and O–H groups in total. The van der Waals surface area contributed by atoms with Crippen molar-refractivity contribution in [1.29, 1.82) is 0 Å². The van der Waals surface area contributed by atoms with Crippen LogP contribution in [0.1, 0.15) is 0 Å². The Bertz CT molecular complexity index is 523. The van der Waals surface area contributed by atoms with E-state index < -0.39 is 0 Å². The van der Waals surface area contributed by atoms with E-state index in [0.717, 1.165) is 11.1 Å². The molecule has 3 heteroatoms. The summed E-state index contributed by atoms with van der Waals surface area (Å²) in [6, 6.07) is 11.9. The molecule has 2 rings (SSSR count). The second-order valence-corrected chi connectivity index (χ2v) is 3.55. The summed E-state index contributed by atoms with van der Waals surface area (Å²) in [6.45, 7) is 0. The van der Waals surface area contributed by atoms with Crippen LogP contribution in [-0.2, 0) is 0 Å². The lowest BCUT2D eigenvalue weighted by molar-refractivity contribution is 0.356. The summed E-state index contributed by atoms with van der Waals surface area (Å²) in [5, 5.41) is 0. The molecule has 0 aliphatic rings. The van der Waals surface area contributed by atoms with Gasteiger partial charge in [-0.15, -0.1) is 0 Å². The summed E-state index contributed by atoms with van der Waals surface area (Å²) in [5.41, 5.74) is 1.58. The summed E-state index contributed by atoms with van der Waals surface area (Å²) in [6.07, 6.45) is 0. The van der Waals surface area contributed by atoms with Crippen LogP contribution in [0.2, 0.25) is 0 Å². The van der Waals surface area contributed by atoms with Crippen molar-refractivity contribution < 1.29 is 13.9 Å². The van der Waals surface area contributed by atoms with Gasteiger partial charge in [0.25, 0.3) is 0 Å². The number of hydrogen-bond donors (Lipinski definition) is 0. The third-order valence-electron chi connectivity index (χ3n) is 2.54. The van der Waals surface area contributed by atoms with Gasteiger partial charge in [0.1, 0.15) is 5.82 Å². The molecule has 0 fully saturated rings. The number of para-hydroxylation sites is 1. The SMILES string of the molecule is COc1cccc(-c2cccc(F)c2)c1OC. The lowest BCUT2D eigenvalue weighted by Gasteiger charge is -2.12. The van der Waals surface area contributed by atoms with E-state index in [0.29, 0.717) is 11.5 Å². The molecule has 88 valence electrons. The number of hydrogen-bond acceptors (Lipinski definition) is 2. The summed E-state index contributed by atoms with van der Waals surface area (Å²) in [7, 11) is 3.15. The molecule has 0 heterocycles. The Morgan fingerprint density at radius 2 is 1.71 bits per heavy atom. The van der Waals surface area contributed by atoms with E-state index >= 15 is 0 Å². The molecule has 0 bridgehead atoms. The van der Waals surface area contributed by atoms with Crippen molar-refractivity contribution in [2.24, 2.45) is 0 Å². The maximum atomic E-state index is 13.2. The molecule has 17 heavy (non-hydrogen) atoms. The van der Waals surface area contributed by atoms with Gasteiger partial charge in [-0.3, -0.25) is 0 Å². The zero-order valence-corrected chi connectivity index (χ0v) is 9.74. The van der Waals surface area contributed by atoms with Crippen molar-refractivity contribution in [2.45, 2.75) is 0 Å². The third kappa shape index (κ3) is 2.23. The molecule has 0 radical (unpaired) electrons. The smallest absolute Gasteiger partial charge is 0.168 e. The standard InChI is InChI=1S/C14H13FO2/c1-16-13-8-4-7-12(14(13)17-2)10-5-3-6-11(15)9-10/h3-9H,1-2H3. The van der Waals surface area contributed by atoms with Crippen LogP contribution in [0.3, 0.4) is 0 Å². The van der Waals surface area contributed by atoms with Crippen LogP contribution < -0.4 is 9.47 Å². The Balaban J connectivity index is 2.59. The van der Waals surface area contributed by atoms with Gasteiger partial charge in [0.05, 0.1) is 14.2 Å². The Morgan fingerprint density at radius 1 is 0.941 bits per heavy atom. The van der Waals surface area contributed by atoms with Crippen molar-refractivity contribution >= 4 is 0 Å². The first-order valence-corrected chi connectivity index (χ1v) is 5.23. The molecule has 0 saturated carbocycles. The van der Waals surface area contributed by atoms with Crippen LogP contribution >= 0.6 is 0 Å². The van der Waals surface area contributed by atoms with Gasteiger partial charge < -0.3 is 9.47 Å². The molecule has 0 aromatic heterocycles. The fourth-order valence-corrected chi connectivity index (χ4v) is 1.77. The molecule has 0 unspecified atom stereocenters. The molecule has 0 spiro atoms. The summed E-state index contributed by atoms with van der Waals surface area (Å²) in [4.78, 5) is 0. The van der Waals surface area contributed by atoms with Gasteiger partial charge in [0.15, 0.2) is 11.5 Å². The first-order valence-electron chi connectivity index (χ1n) is 5.23. The molecule has 0 saturated heterocycles. The minimum absolute atomic E-state index is 0.271. The molecular weight excluding hydrogens is 219 g/mol. The van der Waals surface area contributed by atoms with Crippen molar-refractivity contribution in [2.75, 3.05) is 14.2 Å². The normalized spacial score (nSPS) is 10.1. The van der Waals surface area contributed by atoms with E-state index in [2.05, 4.69) is 0 Å². The van der Waals surface area contributed by atoms with Crippen molar-refractivity contribution in [3.8, 4) is 22.6 Å². The Hall–Kier alpha value is -2.03. The number of halogens is 1. The van der Waals surface area contributed by atoms with E-state index in [4.69, 9.17) is 9.47 Å². The molecule has 0 amide bonds. The lowest BCUT2D eigenvalue weighted by atomic mass is 10.0. The van der Waals surface area contributed by atoms with Gasteiger partial charge >= 0.3 is 0 Å². The number of methoxy groups -OCH3 is 2. The van der Waals surface area contributed by atoms with Gasteiger partial charge in [0.2, 0.25) is 0 Å². The minimum Gasteiger partial charge on any atom is -0.493 e. The average molecular weight is 232 g/mol. The highest BCUT2D eigenvalue weighted by Crippen LogP contribution is 2.37. The van der Waals surface area contributed by atoms with Gasteiger partial charge in [-0.25, -0.2) is 4.39 Å². The van der Waals surface area contributed by atoms with Crippen molar-refractivity contribution in [1.82, 2.24) is 0 Å². The Morgan fingerprint density at radius 3 is 2.35 bits per heavy atom. The molecule has 0 atom stereocenters. The topological polar surface area (TPSA) is 18.5 Å². The molecule has 2 nitrogen and oxygen atoms in total. The Kier molecular flexibility index (Phi) is 3.28. The van der Waals surface area contributed by atoms with Crippen LogP contribution in [0.15, 0.2) is 42.5 Å². The highest BCUT2D eigenvalue weighted by Gasteiger charge is 2.11. The third-order valence-corrected chi connectivity index (χ3v) is 2.54. The minimum atomic E-state index is -0.271. The van der Waals surface area contributed by atoms with Crippen LogP contribution in [0.5, 0.6) is 11.5 Å². The highest BCUT2D eigenvalue weighted by molar-refractivity contribution is 5.73. The first-order chi connectivity index (χ1) is 8.26. The summed E-state index contributed by atoms with van der Waals surface area (Å²) < 4.78 is 23.7. The van der Waals surface area contributed by atoms with E-state index in [1.54, 1.807) is 20.3 Å². The largest absolute Gasteiger partial charge is 0.493 e. The second kappa shape index (κ2) is 4.87. The Labute approximate surface area is 99.6 Å². The zero-order valence-electron chi connectivity index (χ0n) is 9.74. The predicted molar refractivity (Wildman–Crippen MR) is 64.9 cm³/mol. The number of rotatable bonds is 3. The van der Waals surface area contributed by atoms with Gasteiger partial charge in [-0.2, -0.15) is 0 Å². The quantitative estimate of drug-likeness (QED) is 0.806. The van der Waals surface area contributed by atoms with Crippen LogP contribution in [0, 0.1) is 5.82 Å². The zero-order chi connectivity index (χ0) is 12.3. The van der Waals surface area contributed by atoms with E-state index in [1.807, 2.05) is 24.3 Å². The maximum Gasteiger partial charge on any atom is 0.168 e. The van der Waals surface area contributed by atoms with E-state index in [1.165, 1.54) is 12.1 Å². The maximum absolute atomic E-state index is 13.2. The van der Waals surface area contributed by atoms with Gasteiger partial charge in [0, 0.05) is 5.56 Å². The highest BCUT2D eigenvalue weighted by atomic mass is 19.1. The predicted octanol–water partition coefficient (Wildman–Crippen LogP) is 3.51. The molecule has 2 aromatic rings. The molecule has 2 aromatic carbocycles. The van der Waals surface area contributed by atoms with Gasteiger partial charge in [-0.05, 0) is 23.8 Å². The monoisotopic (exact) mass is 232 g/mol. The average Bonchev–Trinajstić information content (AvgIpc) is 2.37. The van der Waals surface area contributed by atoms with Crippen molar-refractivity contribution in [3.63, 3.8) is 0 Å². The molecular formula is C14H13FO2. The van der Waals surface area contributed by atoms with E-state index in [-0.39, 0.29) is 5.82 Å². The fourth-order valence-electron chi connectivity index (χ4n) is 1.77. The van der Waals surface area contributed by atoms with Crippen molar-refractivity contribution in [3.05, 3.63) is 48.3 Å². The molecule has 0 aliphatic heterocycles. The summed E-state index contributed by atoms with van der Waals surface area (Å²) >= 11 is 0. The van der Waals surface area contributed by atoms with Crippen LogP contribution in [0.25, 0.3) is 11.1 Å². The number of benzene rings is 2. The summed E-state index contributed by atoms with van der Waals surface area (Å²) in [5.74, 6) is 0.974. The van der Waals surface area contributed by atoms with E-state index in [9.17, 15) is 4.39 Å². The fraction of sp³-hybridized carbons (Fsp3) is 0.143. The second-order valence-electron chi connectivity index (χ2n) is 3.55. The number of ether oxygens (including phenoxy) is 2.